The van der Waals surface area contributed by atoms with E-state index in [0.29, 0.717) is 16.5 Å². The van der Waals surface area contributed by atoms with Gasteiger partial charge in [0.1, 0.15) is 11.6 Å². The van der Waals surface area contributed by atoms with E-state index in [4.69, 9.17) is 16.3 Å². The van der Waals surface area contributed by atoms with Crippen molar-refractivity contribution in [2.45, 2.75) is 19.8 Å². The van der Waals surface area contributed by atoms with Gasteiger partial charge in [-0.3, -0.25) is 0 Å². The Morgan fingerprint density at radius 1 is 1.26 bits per heavy atom. The molecule has 1 aromatic heterocycles. The molecular weight excluding hydrogens is 308 g/mol. The van der Waals surface area contributed by atoms with Crippen LogP contribution in [0.25, 0.3) is 11.1 Å². The number of nitrogens with zero attached hydrogens (tertiary/aromatic N) is 1. The summed E-state index contributed by atoms with van der Waals surface area (Å²) in [6, 6.07) is 11.6. The number of rotatable bonds is 8. The zero-order valence-electron chi connectivity index (χ0n) is 13.3. The fourth-order valence-electron chi connectivity index (χ4n) is 2.04. The summed E-state index contributed by atoms with van der Waals surface area (Å²) in [5.41, 5.74) is 2.42. The summed E-state index contributed by atoms with van der Waals surface area (Å²) in [5, 5.41) is 3.64. The molecule has 0 atom stereocenters. The molecule has 23 heavy (non-hydrogen) atoms. The molecule has 0 aliphatic carbocycles. The average Bonchev–Trinajstić information content (AvgIpc) is 2.56. The minimum atomic E-state index is 0.392. The number of halogens is 1. The van der Waals surface area contributed by atoms with Gasteiger partial charge in [-0.1, -0.05) is 44.2 Å². The van der Waals surface area contributed by atoms with Gasteiger partial charge in [-0.05, 0) is 42.8 Å². The summed E-state index contributed by atoms with van der Waals surface area (Å²) >= 11 is 5.99. The number of ether oxygens (including phenoxy) is 1. The van der Waals surface area contributed by atoms with E-state index in [0.717, 1.165) is 36.4 Å². The van der Waals surface area contributed by atoms with Gasteiger partial charge in [-0.15, -0.1) is 0 Å². The quantitative estimate of drug-likeness (QED) is 0.616. The maximum Gasteiger partial charge on any atom is 0.131 e. The lowest BCUT2D eigenvalue weighted by Gasteiger charge is -2.10. The number of pyridine rings is 1. The molecule has 0 radical (unpaired) electrons. The van der Waals surface area contributed by atoms with Crippen LogP contribution in [0.15, 0.2) is 49.6 Å². The van der Waals surface area contributed by atoms with E-state index in [2.05, 4.69) is 30.4 Å². The fourth-order valence-corrected chi connectivity index (χ4v) is 2.19. The topological polar surface area (TPSA) is 34.1 Å². The zero-order chi connectivity index (χ0) is 16.7. The number of benzene rings is 1. The van der Waals surface area contributed by atoms with E-state index in [-0.39, 0.29) is 0 Å². The lowest BCUT2D eigenvalue weighted by atomic mass is 10.2. The third kappa shape index (κ3) is 4.86. The Balaban J connectivity index is 2.08. The van der Waals surface area contributed by atoms with Crippen LogP contribution in [-0.2, 0) is 0 Å². The van der Waals surface area contributed by atoms with Crippen LogP contribution < -0.4 is 10.1 Å². The van der Waals surface area contributed by atoms with E-state index in [1.54, 1.807) is 6.08 Å². The van der Waals surface area contributed by atoms with E-state index < -0.39 is 0 Å². The molecule has 0 amide bonds. The number of nitrogens with one attached hydrogen (secondary N) is 1. The third-order valence-corrected chi connectivity index (χ3v) is 3.48. The van der Waals surface area contributed by atoms with Gasteiger partial charge in [0, 0.05) is 11.3 Å². The largest absolute Gasteiger partial charge is 0.494 e. The van der Waals surface area contributed by atoms with Crippen LogP contribution >= 0.6 is 11.6 Å². The van der Waals surface area contributed by atoms with Crippen LogP contribution in [0.1, 0.15) is 31.0 Å². The maximum atomic E-state index is 5.99. The van der Waals surface area contributed by atoms with Crippen LogP contribution in [-0.4, -0.2) is 11.6 Å². The first-order valence-electron chi connectivity index (χ1n) is 7.62. The molecule has 1 N–H and O–H groups in total. The molecule has 0 bridgehead atoms. The smallest absolute Gasteiger partial charge is 0.131 e. The first-order chi connectivity index (χ1) is 11.1. The number of unbranched alkanes of at least 4 members (excludes halogenated alkanes) is 1. The molecule has 0 aliphatic rings. The van der Waals surface area contributed by atoms with Crippen LogP contribution in [0.4, 0.5) is 11.5 Å². The minimum absolute atomic E-state index is 0.392. The van der Waals surface area contributed by atoms with Crippen molar-refractivity contribution in [2.24, 2.45) is 0 Å². The van der Waals surface area contributed by atoms with Gasteiger partial charge < -0.3 is 10.1 Å². The first kappa shape index (κ1) is 17.1. The maximum absolute atomic E-state index is 5.99. The Morgan fingerprint density at radius 2 is 2.00 bits per heavy atom. The Bertz CT molecular complexity index is 680. The van der Waals surface area contributed by atoms with Gasteiger partial charge in [-0.25, -0.2) is 4.98 Å². The van der Waals surface area contributed by atoms with Crippen molar-refractivity contribution in [3.05, 3.63) is 60.8 Å². The Morgan fingerprint density at radius 3 is 2.61 bits per heavy atom. The van der Waals surface area contributed by atoms with E-state index >= 15 is 0 Å². The normalized spacial score (nSPS) is 10.2. The predicted octanol–water partition coefficient (Wildman–Crippen LogP) is 5.86. The average molecular weight is 329 g/mol. The van der Waals surface area contributed by atoms with E-state index in [9.17, 15) is 0 Å². The Kier molecular flexibility index (Phi) is 6.24. The number of hydrogen-bond donors (Lipinski definition) is 1. The lowest BCUT2D eigenvalue weighted by molar-refractivity contribution is 0.309. The Hall–Kier alpha value is -2.26. The summed E-state index contributed by atoms with van der Waals surface area (Å²) < 4.78 is 5.65. The van der Waals surface area contributed by atoms with Crippen LogP contribution in [0.2, 0.25) is 0 Å². The Labute approximate surface area is 142 Å². The summed E-state index contributed by atoms with van der Waals surface area (Å²) in [4.78, 5) is 4.48. The summed E-state index contributed by atoms with van der Waals surface area (Å²) in [7, 11) is 0. The highest BCUT2D eigenvalue weighted by Gasteiger charge is 2.06. The highest BCUT2D eigenvalue weighted by molar-refractivity contribution is 6.48. The monoisotopic (exact) mass is 328 g/mol. The van der Waals surface area contributed by atoms with Crippen molar-refractivity contribution in [1.29, 1.82) is 0 Å². The fraction of sp³-hybridized carbons (Fsp3) is 0.211. The minimum Gasteiger partial charge on any atom is -0.494 e. The van der Waals surface area contributed by atoms with Gasteiger partial charge in [0.2, 0.25) is 0 Å². The van der Waals surface area contributed by atoms with Crippen molar-refractivity contribution >= 4 is 34.2 Å². The van der Waals surface area contributed by atoms with Gasteiger partial charge in [0.05, 0.1) is 17.3 Å². The third-order valence-electron chi connectivity index (χ3n) is 3.30. The molecule has 3 nitrogen and oxygen atoms in total. The van der Waals surface area contributed by atoms with Crippen molar-refractivity contribution in [2.75, 3.05) is 11.9 Å². The van der Waals surface area contributed by atoms with E-state index in [1.165, 1.54) is 0 Å². The molecule has 1 aromatic carbocycles. The molecule has 2 aromatic rings. The number of hydrogen-bond acceptors (Lipinski definition) is 3. The highest BCUT2D eigenvalue weighted by atomic mass is 35.5. The second-order valence-electron chi connectivity index (χ2n) is 5.09. The lowest BCUT2D eigenvalue weighted by Crippen LogP contribution is -1.98. The first-order valence-corrected chi connectivity index (χ1v) is 8.00. The van der Waals surface area contributed by atoms with Gasteiger partial charge in [-0.2, -0.15) is 0 Å². The SMILES string of the molecule is C=Cc1ccc(Nc2ccc(OCCCC)cc2)nc1C(=C)Cl. The summed E-state index contributed by atoms with van der Waals surface area (Å²) in [6.07, 6.45) is 3.90. The van der Waals surface area contributed by atoms with Crippen LogP contribution in [0.5, 0.6) is 5.75 Å². The van der Waals surface area contributed by atoms with Gasteiger partial charge >= 0.3 is 0 Å². The highest BCUT2D eigenvalue weighted by Crippen LogP contribution is 2.24. The van der Waals surface area contributed by atoms with Crippen molar-refractivity contribution < 1.29 is 4.74 Å². The molecule has 2 rings (SSSR count). The molecule has 0 aliphatic heterocycles. The molecular formula is C19H21ClN2O. The number of aromatic nitrogens is 1. The summed E-state index contributed by atoms with van der Waals surface area (Å²) in [6.45, 7) is 10.4. The predicted molar refractivity (Wildman–Crippen MR) is 99.3 cm³/mol. The molecule has 0 saturated carbocycles. The van der Waals surface area contributed by atoms with Crippen LogP contribution in [0, 0.1) is 0 Å². The van der Waals surface area contributed by atoms with Gasteiger partial charge in [0.15, 0.2) is 0 Å². The molecule has 0 saturated heterocycles. The van der Waals surface area contributed by atoms with E-state index in [1.807, 2.05) is 36.4 Å². The molecule has 0 fully saturated rings. The molecule has 1 heterocycles. The molecule has 0 spiro atoms. The zero-order valence-corrected chi connectivity index (χ0v) is 14.1. The van der Waals surface area contributed by atoms with Crippen molar-refractivity contribution in [1.82, 2.24) is 4.98 Å². The standard InChI is InChI=1S/C19H21ClN2O/c1-4-6-13-23-17-10-8-16(9-11-17)21-18-12-7-15(5-2)19(22-18)14(3)20/h5,7-12H,2-4,6,13H2,1H3,(H,21,22). The summed E-state index contributed by atoms with van der Waals surface area (Å²) in [5.74, 6) is 1.57. The second-order valence-corrected chi connectivity index (χ2v) is 5.55. The second kappa shape index (κ2) is 8.39. The van der Waals surface area contributed by atoms with Crippen molar-refractivity contribution in [3.63, 3.8) is 0 Å². The molecule has 120 valence electrons. The molecule has 0 unspecified atom stereocenters. The van der Waals surface area contributed by atoms with Gasteiger partial charge in [0.25, 0.3) is 0 Å². The molecule has 4 heteroatoms. The van der Waals surface area contributed by atoms with Crippen LogP contribution in [0.3, 0.4) is 0 Å². The van der Waals surface area contributed by atoms with Crippen molar-refractivity contribution in [3.8, 4) is 5.75 Å². The number of anilines is 2.